The van der Waals surface area contributed by atoms with Gasteiger partial charge in [-0.25, -0.2) is 10.9 Å². The van der Waals surface area contributed by atoms with Crippen LogP contribution >= 0.6 is 0 Å². The first-order chi connectivity index (χ1) is 15.7. The van der Waals surface area contributed by atoms with Crippen LogP contribution in [0.15, 0.2) is 72.8 Å². The monoisotopic (exact) mass is 433 g/mol. The molecule has 1 aliphatic rings. The van der Waals surface area contributed by atoms with E-state index in [2.05, 4.69) is 27.2 Å². The van der Waals surface area contributed by atoms with E-state index in [-0.39, 0.29) is 18.1 Å². The molecule has 0 radical (unpaired) electrons. The molecule has 0 spiro atoms. The molecule has 0 bridgehead atoms. The van der Waals surface area contributed by atoms with Crippen molar-refractivity contribution in [3.05, 3.63) is 95.1 Å². The van der Waals surface area contributed by atoms with Gasteiger partial charge in [0.2, 0.25) is 0 Å². The van der Waals surface area contributed by atoms with Crippen LogP contribution in [0.5, 0.6) is 11.5 Å². The number of ether oxygens (including phenoxy) is 2. The van der Waals surface area contributed by atoms with E-state index in [0.29, 0.717) is 12.0 Å². The summed E-state index contributed by atoms with van der Waals surface area (Å²) in [7, 11) is 3.28. The van der Waals surface area contributed by atoms with Crippen molar-refractivity contribution in [2.75, 3.05) is 14.2 Å². The largest absolute Gasteiger partial charge is 0.497 e. The number of hydrogen-bond acceptors (Lipinski definition) is 7. The summed E-state index contributed by atoms with van der Waals surface area (Å²) in [5.41, 5.74) is 15.3. The quantitative estimate of drug-likeness (QED) is 0.373. The van der Waals surface area contributed by atoms with Crippen molar-refractivity contribution in [2.24, 2.45) is 0 Å². The van der Waals surface area contributed by atoms with Gasteiger partial charge in [0.1, 0.15) is 17.7 Å². The number of carbonyl (C=O) groups is 1. The Morgan fingerprint density at radius 1 is 0.844 bits per heavy atom. The normalized spacial score (nSPS) is 14.7. The molecule has 1 atom stereocenters. The first kappa shape index (κ1) is 21.8. The van der Waals surface area contributed by atoms with E-state index in [4.69, 9.17) is 9.47 Å². The Labute approximate surface area is 187 Å². The highest BCUT2D eigenvalue weighted by Crippen LogP contribution is 2.23. The molecule has 1 fully saturated rings. The highest BCUT2D eigenvalue weighted by Gasteiger charge is 2.19. The molecule has 1 unspecified atom stereocenters. The summed E-state index contributed by atoms with van der Waals surface area (Å²) in [4.78, 5) is 13.1. The zero-order chi connectivity index (χ0) is 22.3. The van der Waals surface area contributed by atoms with E-state index in [1.54, 1.807) is 14.2 Å². The van der Waals surface area contributed by atoms with Crippen LogP contribution in [-0.2, 0) is 6.42 Å². The van der Waals surface area contributed by atoms with Gasteiger partial charge in [-0.3, -0.25) is 4.79 Å². The summed E-state index contributed by atoms with van der Waals surface area (Å²) >= 11 is 0. The zero-order valence-electron chi connectivity index (χ0n) is 18.0. The lowest BCUT2D eigenvalue weighted by atomic mass is 9.98. The second-order valence-electron chi connectivity index (χ2n) is 7.45. The molecule has 166 valence electrons. The fraction of sp³-hybridized carbons (Fsp3) is 0.208. The van der Waals surface area contributed by atoms with Gasteiger partial charge in [0.05, 0.1) is 20.3 Å². The van der Waals surface area contributed by atoms with Gasteiger partial charge in [-0.1, -0.05) is 36.4 Å². The molecule has 1 aliphatic heterocycles. The third-order valence-corrected chi connectivity index (χ3v) is 5.42. The highest BCUT2D eigenvalue weighted by atomic mass is 16.5. The fourth-order valence-electron chi connectivity index (χ4n) is 3.57. The summed E-state index contributed by atoms with van der Waals surface area (Å²) in [5, 5.41) is 3.19. The Hall–Kier alpha value is -3.43. The van der Waals surface area contributed by atoms with E-state index in [1.807, 2.05) is 72.8 Å². The third-order valence-electron chi connectivity index (χ3n) is 5.42. The Bertz CT molecular complexity index is 1020. The molecule has 32 heavy (non-hydrogen) atoms. The van der Waals surface area contributed by atoms with E-state index in [1.165, 1.54) is 0 Å². The van der Waals surface area contributed by atoms with Gasteiger partial charge in [-0.05, 0) is 59.5 Å². The SMILES string of the molecule is COc1ccc(CC(NC(=O)c2ccc(C3NNNN3)cc2)c2ccc(OC)cc2)cc1. The van der Waals surface area contributed by atoms with Crippen LogP contribution in [-0.4, -0.2) is 20.1 Å². The lowest BCUT2D eigenvalue weighted by Crippen LogP contribution is -2.33. The Kier molecular flexibility index (Phi) is 6.98. The van der Waals surface area contributed by atoms with Crippen molar-refractivity contribution in [2.45, 2.75) is 18.6 Å². The smallest absolute Gasteiger partial charge is 0.251 e. The van der Waals surface area contributed by atoms with Crippen molar-refractivity contribution in [3.8, 4) is 11.5 Å². The van der Waals surface area contributed by atoms with Gasteiger partial charge in [0.15, 0.2) is 0 Å². The van der Waals surface area contributed by atoms with Gasteiger partial charge >= 0.3 is 0 Å². The number of methoxy groups -OCH3 is 2. The van der Waals surface area contributed by atoms with Gasteiger partial charge in [-0.15, -0.1) is 0 Å². The van der Waals surface area contributed by atoms with E-state index in [0.717, 1.165) is 28.2 Å². The number of nitrogens with one attached hydrogen (secondary N) is 5. The molecule has 1 amide bonds. The van der Waals surface area contributed by atoms with Crippen LogP contribution < -0.4 is 36.7 Å². The zero-order valence-corrected chi connectivity index (χ0v) is 18.0. The summed E-state index contributed by atoms with van der Waals surface area (Å²) < 4.78 is 10.5. The predicted molar refractivity (Wildman–Crippen MR) is 122 cm³/mol. The van der Waals surface area contributed by atoms with Crippen LogP contribution in [0, 0.1) is 0 Å². The van der Waals surface area contributed by atoms with E-state index >= 15 is 0 Å². The van der Waals surface area contributed by atoms with Crippen molar-refractivity contribution >= 4 is 5.91 Å². The second-order valence-corrected chi connectivity index (χ2v) is 7.45. The fourth-order valence-corrected chi connectivity index (χ4v) is 3.57. The van der Waals surface area contributed by atoms with Gasteiger partial charge in [0, 0.05) is 5.56 Å². The summed E-state index contributed by atoms with van der Waals surface area (Å²) in [6, 6.07) is 22.9. The molecule has 0 aromatic heterocycles. The minimum absolute atomic E-state index is 0.0748. The Morgan fingerprint density at radius 2 is 1.41 bits per heavy atom. The molecule has 1 saturated heterocycles. The number of hydrogen-bond donors (Lipinski definition) is 5. The lowest BCUT2D eigenvalue weighted by Gasteiger charge is -2.20. The lowest BCUT2D eigenvalue weighted by molar-refractivity contribution is 0.0936. The van der Waals surface area contributed by atoms with Crippen molar-refractivity contribution in [3.63, 3.8) is 0 Å². The molecule has 0 saturated carbocycles. The molecule has 4 rings (SSSR count). The van der Waals surface area contributed by atoms with Crippen LogP contribution in [0.25, 0.3) is 0 Å². The van der Waals surface area contributed by atoms with Crippen LogP contribution in [0.3, 0.4) is 0 Å². The van der Waals surface area contributed by atoms with Crippen molar-refractivity contribution < 1.29 is 14.3 Å². The standard InChI is InChI=1S/C24H27N5O3/c1-31-20-11-3-16(4-12-20)15-22(17-9-13-21(32-2)14-10-17)25-24(30)19-7-5-18(6-8-19)23-26-28-29-27-23/h3-14,22-23,26-29H,15H2,1-2H3,(H,25,30). The van der Waals surface area contributed by atoms with Crippen LogP contribution in [0.4, 0.5) is 0 Å². The summed E-state index contributed by atoms with van der Waals surface area (Å²) in [6.45, 7) is 0. The topological polar surface area (TPSA) is 95.7 Å². The number of benzene rings is 3. The maximum Gasteiger partial charge on any atom is 0.251 e. The average molecular weight is 434 g/mol. The van der Waals surface area contributed by atoms with Crippen LogP contribution in [0.1, 0.15) is 39.3 Å². The third kappa shape index (κ3) is 5.24. The average Bonchev–Trinajstić information content (AvgIpc) is 3.39. The predicted octanol–water partition coefficient (Wildman–Crippen LogP) is 2.53. The first-order valence-corrected chi connectivity index (χ1v) is 10.3. The molecule has 3 aromatic rings. The molecular weight excluding hydrogens is 406 g/mol. The Morgan fingerprint density at radius 3 is 1.97 bits per heavy atom. The highest BCUT2D eigenvalue weighted by molar-refractivity contribution is 5.94. The molecular formula is C24H27N5O3. The van der Waals surface area contributed by atoms with Crippen LogP contribution in [0.2, 0.25) is 0 Å². The van der Waals surface area contributed by atoms with Gasteiger partial charge in [-0.2, -0.15) is 11.1 Å². The summed E-state index contributed by atoms with van der Waals surface area (Å²) in [6.07, 6.45) is 0.571. The number of amides is 1. The maximum atomic E-state index is 13.1. The maximum absolute atomic E-state index is 13.1. The molecule has 1 heterocycles. The van der Waals surface area contributed by atoms with Gasteiger partial charge < -0.3 is 14.8 Å². The minimum Gasteiger partial charge on any atom is -0.497 e. The Balaban J connectivity index is 1.52. The van der Waals surface area contributed by atoms with E-state index in [9.17, 15) is 4.79 Å². The molecule has 3 aromatic carbocycles. The molecule has 8 heteroatoms. The second kappa shape index (κ2) is 10.3. The van der Waals surface area contributed by atoms with Crippen molar-refractivity contribution in [1.29, 1.82) is 0 Å². The minimum atomic E-state index is -0.201. The number of rotatable bonds is 8. The molecule has 0 aliphatic carbocycles. The first-order valence-electron chi connectivity index (χ1n) is 10.3. The van der Waals surface area contributed by atoms with E-state index < -0.39 is 0 Å². The molecule has 8 nitrogen and oxygen atoms in total. The molecule has 5 N–H and O–H groups in total. The van der Waals surface area contributed by atoms with Crippen molar-refractivity contribution in [1.82, 2.24) is 27.2 Å². The summed E-state index contributed by atoms with van der Waals surface area (Å²) in [5.74, 6) is 1.45. The van der Waals surface area contributed by atoms with Gasteiger partial charge in [0.25, 0.3) is 5.91 Å². The number of hydrazine groups is 3. The number of carbonyl (C=O) groups excluding carboxylic acids is 1.